The first kappa shape index (κ1) is 22.8. The molecule has 0 aliphatic rings. The smallest absolute Gasteiger partial charge is 0.333 e. The molecule has 5 heteroatoms. The van der Waals surface area contributed by atoms with Gasteiger partial charge in [0, 0.05) is 11.1 Å². The summed E-state index contributed by atoms with van der Waals surface area (Å²) in [5.41, 5.74) is 1.97. The van der Waals surface area contributed by atoms with Crippen LogP contribution in [0.5, 0.6) is 0 Å². The summed E-state index contributed by atoms with van der Waals surface area (Å²) in [6, 6.07) is 22.6. The topological polar surface area (TPSA) is 60.4 Å². The Morgan fingerprint density at radius 3 is 2.23 bits per heavy atom. The van der Waals surface area contributed by atoms with Crippen LogP contribution in [0.4, 0.5) is 0 Å². The first-order chi connectivity index (χ1) is 14.4. The molecule has 0 unspecified atom stereocenters. The number of carbonyl (C=O) groups is 3. The monoisotopic (exact) mass is 418 g/mol. The first-order valence-corrected chi connectivity index (χ1v) is 9.97. The number of hydrogen-bond acceptors (Lipinski definition) is 5. The van der Waals surface area contributed by atoms with Gasteiger partial charge >= 0.3 is 5.97 Å². The second-order valence-corrected chi connectivity index (χ2v) is 7.26. The molecule has 152 valence electrons. The van der Waals surface area contributed by atoms with Gasteiger partial charge in [0.15, 0.2) is 0 Å². The Morgan fingerprint density at radius 2 is 1.57 bits per heavy atom. The predicted molar refractivity (Wildman–Crippen MR) is 122 cm³/mol. The average Bonchev–Trinajstić information content (AvgIpc) is 2.77. The van der Waals surface area contributed by atoms with E-state index in [2.05, 4.69) is 13.2 Å². The Hall–Kier alpha value is -3.44. The maximum absolute atomic E-state index is 11.9. The van der Waals surface area contributed by atoms with E-state index in [9.17, 15) is 14.4 Å². The van der Waals surface area contributed by atoms with Gasteiger partial charge in [-0.2, -0.15) is 0 Å². The van der Waals surface area contributed by atoms with Gasteiger partial charge < -0.3 is 4.74 Å². The zero-order chi connectivity index (χ0) is 21.9. The second kappa shape index (κ2) is 11.5. The van der Waals surface area contributed by atoms with Crippen molar-refractivity contribution in [2.45, 2.75) is 13.5 Å². The van der Waals surface area contributed by atoms with Crippen LogP contribution in [0.15, 0.2) is 97.6 Å². The summed E-state index contributed by atoms with van der Waals surface area (Å²) in [5.74, 6) is -0.344. The maximum atomic E-state index is 11.9. The minimum Gasteiger partial charge on any atom is -0.457 e. The molecule has 0 saturated heterocycles. The van der Waals surface area contributed by atoms with E-state index in [-0.39, 0.29) is 16.2 Å². The van der Waals surface area contributed by atoms with Gasteiger partial charge in [0.1, 0.15) is 6.61 Å². The van der Waals surface area contributed by atoms with Crippen molar-refractivity contribution >= 4 is 38.7 Å². The molecule has 0 aliphatic carbocycles. The SMILES string of the molecule is C=C(C)C(=O)OCc1ccccc1.C=CC(=O)SC(=O)c1cccc2ccccc12. The molecule has 0 atom stereocenters. The highest BCUT2D eigenvalue weighted by atomic mass is 32.2. The molecule has 0 aliphatic heterocycles. The molecule has 0 aromatic heterocycles. The molecule has 0 N–H and O–H groups in total. The molecular formula is C25H22O4S. The molecule has 0 amide bonds. The van der Waals surface area contributed by atoms with Crippen molar-refractivity contribution in [1.82, 2.24) is 0 Å². The summed E-state index contributed by atoms with van der Waals surface area (Å²) < 4.78 is 4.95. The van der Waals surface area contributed by atoms with Crippen LogP contribution in [-0.2, 0) is 20.9 Å². The Kier molecular flexibility index (Phi) is 8.78. The van der Waals surface area contributed by atoms with E-state index < -0.39 is 0 Å². The number of esters is 1. The van der Waals surface area contributed by atoms with E-state index in [1.165, 1.54) is 0 Å². The molecule has 0 spiro atoms. The predicted octanol–water partition coefficient (Wildman–Crippen LogP) is 5.73. The molecule has 0 bridgehead atoms. The lowest BCUT2D eigenvalue weighted by molar-refractivity contribution is -0.140. The minimum absolute atomic E-state index is 0.244. The third kappa shape index (κ3) is 6.87. The summed E-state index contributed by atoms with van der Waals surface area (Å²) in [6.45, 7) is 8.78. The second-order valence-electron chi connectivity index (χ2n) is 6.28. The lowest BCUT2D eigenvalue weighted by atomic mass is 10.1. The number of hydrogen-bond donors (Lipinski definition) is 0. The fourth-order valence-electron chi connectivity index (χ4n) is 2.44. The van der Waals surface area contributed by atoms with Gasteiger partial charge in [-0.1, -0.05) is 79.9 Å². The fourth-order valence-corrected chi connectivity index (χ4v) is 2.99. The Morgan fingerprint density at radius 1 is 0.933 bits per heavy atom. The number of benzene rings is 3. The van der Waals surface area contributed by atoms with Crippen molar-refractivity contribution in [3.63, 3.8) is 0 Å². The third-order valence-electron chi connectivity index (χ3n) is 3.93. The summed E-state index contributed by atoms with van der Waals surface area (Å²) in [5, 5.41) is 1.28. The van der Waals surface area contributed by atoms with E-state index >= 15 is 0 Å². The molecule has 0 saturated carbocycles. The van der Waals surface area contributed by atoms with Crippen LogP contribution in [-0.4, -0.2) is 16.2 Å². The highest BCUT2D eigenvalue weighted by molar-refractivity contribution is 8.26. The van der Waals surface area contributed by atoms with Gasteiger partial charge in [0.05, 0.1) is 0 Å². The number of carbonyl (C=O) groups excluding carboxylic acids is 3. The van der Waals surface area contributed by atoms with Crippen LogP contribution in [0.2, 0.25) is 0 Å². The fraction of sp³-hybridized carbons (Fsp3) is 0.0800. The molecule has 0 radical (unpaired) electrons. The number of rotatable bonds is 5. The van der Waals surface area contributed by atoms with Gasteiger partial charge in [0.25, 0.3) is 0 Å². The molecule has 0 heterocycles. The number of fused-ring (bicyclic) bond motifs is 1. The Bertz CT molecular complexity index is 1070. The maximum Gasteiger partial charge on any atom is 0.333 e. The van der Waals surface area contributed by atoms with Crippen LogP contribution in [0, 0.1) is 0 Å². The van der Waals surface area contributed by atoms with E-state index in [1.807, 2.05) is 66.7 Å². The molecule has 4 nitrogen and oxygen atoms in total. The quantitative estimate of drug-likeness (QED) is 0.391. The molecule has 30 heavy (non-hydrogen) atoms. The molecule has 3 aromatic rings. The van der Waals surface area contributed by atoms with Crippen molar-refractivity contribution in [2.24, 2.45) is 0 Å². The molecule has 3 rings (SSSR count). The Balaban J connectivity index is 0.000000222. The van der Waals surface area contributed by atoms with Gasteiger partial charge in [-0.15, -0.1) is 0 Å². The highest BCUT2D eigenvalue weighted by Crippen LogP contribution is 2.23. The summed E-state index contributed by atoms with van der Waals surface area (Å²) in [4.78, 5) is 34.1. The summed E-state index contributed by atoms with van der Waals surface area (Å²) >= 11 is 0.672. The van der Waals surface area contributed by atoms with Crippen molar-refractivity contribution in [2.75, 3.05) is 0 Å². The van der Waals surface area contributed by atoms with E-state index in [4.69, 9.17) is 4.74 Å². The van der Waals surface area contributed by atoms with Crippen LogP contribution < -0.4 is 0 Å². The first-order valence-electron chi connectivity index (χ1n) is 9.15. The van der Waals surface area contributed by atoms with Crippen LogP contribution in [0.1, 0.15) is 22.8 Å². The van der Waals surface area contributed by atoms with Gasteiger partial charge in [-0.25, -0.2) is 4.79 Å². The standard InChI is InChI=1S/C14H10O2S.C11H12O2/c1-2-13(15)17-14(16)12-9-5-7-10-6-3-4-8-11(10)12;1-9(2)11(12)13-8-10-6-4-3-5-7-10/h2-9H,1H2;3-7H,1,8H2,2H3. The Labute approximate surface area is 180 Å². The van der Waals surface area contributed by atoms with Crippen molar-refractivity contribution in [1.29, 1.82) is 0 Å². The largest absolute Gasteiger partial charge is 0.457 e. The highest BCUT2D eigenvalue weighted by Gasteiger charge is 2.13. The van der Waals surface area contributed by atoms with Crippen molar-refractivity contribution < 1.29 is 19.1 Å². The average molecular weight is 419 g/mol. The summed E-state index contributed by atoms with van der Waals surface area (Å²) in [6.07, 6.45) is 1.15. The number of thioether (sulfide) groups is 1. The van der Waals surface area contributed by atoms with Crippen LogP contribution in [0.3, 0.4) is 0 Å². The van der Waals surface area contributed by atoms with Crippen molar-refractivity contribution in [3.05, 3.63) is 109 Å². The summed E-state index contributed by atoms with van der Waals surface area (Å²) in [7, 11) is 0. The van der Waals surface area contributed by atoms with E-state index in [0.29, 0.717) is 29.5 Å². The molecular weight excluding hydrogens is 396 g/mol. The minimum atomic E-state index is -0.344. The molecule has 0 fully saturated rings. The van der Waals surface area contributed by atoms with Gasteiger partial charge in [-0.3, -0.25) is 9.59 Å². The van der Waals surface area contributed by atoms with Gasteiger partial charge in [0.2, 0.25) is 10.2 Å². The van der Waals surface area contributed by atoms with E-state index in [1.54, 1.807) is 13.0 Å². The zero-order valence-corrected chi connectivity index (χ0v) is 17.5. The zero-order valence-electron chi connectivity index (χ0n) is 16.7. The van der Waals surface area contributed by atoms with Gasteiger partial charge in [-0.05, 0) is 47.2 Å². The lowest BCUT2D eigenvalue weighted by Crippen LogP contribution is -2.04. The van der Waals surface area contributed by atoms with E-state index in [0.717, 1.165) is 22.4 Å². The normalized spacial score (nSPS) is 9.77. The van der Waals surface area contributed by atoms with Crippen LogP contribution >= 0.6 is 11.8 Å². The molecule has 3 aromatic carbocycles. The number of ether oxygens (including phenoxy) is 1. The lowest BCUT2D eigenvalue weighted by Gasteiger charge is -2.03. The third-order valence-corrected chi connectivity index (χ3v) is 4.70. The van der Waals surface area contributed by atoms with Crippen LogP contribution in [0.25, 0.3) is 10.8 Å². The van der Waals surface area contributed by atoms with Crippen molar-refractivity contribution in [3.8, 4) is 0 Å².